The monoisotopic (exact) mass is 342 g/mol. The Morgan fingerprint density at radius 1 is 1.29 bits per heavy atom. The largest absolute Gasteiger partial charge is 0.466 e. The van der Waals surface area contributed by atoms with E-state index in [0.717, 1.165) is 12.1 Å². The molecular weight excluding hydrogens is 322 g/mol. The molecule has 0 aliphatic rings. The molecule has 0 bridgehead atoms. The highest BCUT2D eigenvalue weighted by molar-refractivity contribution is 5.88. The summed E-state index contributed by atoms with van der Waals surface area (Å²) in [6.45, 7) is 3.40. The summed E-state index contributed by atoms with van der Waals surface area (Å²) in [5, 5.41) is 2.37. The Kier molecular flexibility index (Phi) is 7.29. The van der Waals surface area contributed by atoms with E-state index in [4.69, 9.17) is 10.5 Å². The molecule has 1 aromatic carbocycles. The summed E-state index contributed by atoms with van der Waals surface area (Å²) in [6, 6.07) is 1.73. The maximum absolute atomic E-state index is 13.5. The van der Waals surface area contributed by atoms with Crippen LogP contribution in [-0.4, -0.2) is 30.4 Å². The third kappa shape index (κ3) is 5.94. The van der Waals surface area contributed by atoms with Gasteiger partial charge in [-0.3, -0.25) is 14.4 Å². The van der Waals surface area contributed by atoms with Crippen molar-refractivity contribution in [2.75, 3.05) is 6.61 Å². The quantitative estimate of drug-likeness (QED) is 0.690. The highest BCUT2D eigenvalue weighted by atomic mass is 19.1. The van der Waals surface area contributed by atoms with Gasteiger partial charge >= 0.3 is 5.97 Å². The first kappa shape index (κ1) is 19.5. The number of amides is 2. The lowest BCUT2D eigenvalue weighted by molar-refractivity contribution is -0.144. The first-order valence-corrected chi connectivity index (χ1v) is 7.42. The van der Waals surface area contributed by atoms with Crippen LogP contribution >= 0.6 is 0 Å². The number of hydrogen-bond acceptors (Lipinski definition) is 4. The summed E-state index contributed by atoms with van der Waals surface area (Å²) in [5.74, 6) is -4.21. The second-order valence-corrected chi connectivity index (χ2v) is 5.35. The minimum atomic E-state index is -1.11. The van der Waals surface area contributed by atoms with Gasteiger partial charge < -0.3 is 15.8 Å². The summed E-state index contributed by atoms with van der Waals surface area (Å²) in [7, 11) is 0. The Hall–Kier alpha value is -2.51. The number of carbonyl (C=O) groups is 3. The molecule has 132 valence electrons. The first-order valence-electron chi connectivity index (χ1n) is 7.42. The van der Waals surface area contributed by atoms with Crippen molar-refractivity contribution >= 4 is 17.8 Å². The Morgan fingerprint density at radius 2 is 1.96 bits per heavy atom. The number of esters is 1. The molecule has 6 nitrogen and oxygen atoms in total. The highest BCUT2D eigenvalue weighted by Crippen LogP contribution is 2.12. The molecule has 0 radical (unpaired) electrons. The molecule has 0 heterocycles. The van der Waals surface area contributed by atoms with Crippen LogP contribution < -0.4 is 11.1 Å². The van der Waals surface area contributed by atoms with Crippen LogP contribution in [0.3, 0.4) is 0 Å². The maximum atomic E-state index is 13.5. The van der Waals surface area contributed by atoms with Gasteiger partial charge in [0.05, 0.1) is 19.4 Å². The topological polar surface area (TPSA) is 98.5 Å². The first-order chi connectivity index (χ1) is 11.2. The van der Waals surface area contributed by atoms with E-state index in [1.54, 1.807) is 13.8 Å². The SMILES string of the molecule is CCOC(=O)C[C@H](C)[C@@H](NC(=O)Cc1ccc(F)cc1F)C(N)=O. The number of benzene rings is 1. The second kappa shape index (κ2) is 8.95. The molecule has 0 saturated carbocycles. The molecule has 1 aromatic rings. The van der Waals surface area contributed by atoms with Crippen molar-refractivity contribution in [1.82, 2.24) is 5.32 Å². The van der Waals surface area contributed by atoms with E-state index < -0.39 is 41.4 Å². The van der Waals surface area contributed by atoms with E-state index in [2.05, 4.69) is 5.32 Å². The number of rotatable bonds is 8. The van der Waals surface area contributed by atoms with Gasteiger partial charge in [-0.05, 0) is 24.5 Å². The van der Waals surface area contributed by atoms with E-state index in [-0.39, 0.29) is 25.0 Å². The van der Waals surface area contributed by atoms with Crippen molar-refractivity contribution in [3.05, 3.63) is 35.4 Å². The summed E-state index contributed by atoms with van der Waals surface area (Å²) in [6.07, 6.45) is -0.491. The Labute approximate surface area is 138 Å². The van der Waals surface area contributed by atoms with Gasteiger partial charge in [0.25, 0.3) is 0 Å². The van der Waals surface area contributed by atoms with Crippen molar-refractivity contribution in [3.63, 3.8) is 0 Å². The van der Waals surface area contributed by atoms with E-state index in [1.807, 2.05) is 0 Å². The summed E-state index contributed by atoms with van der Waals surface area (Å²) in [4.78, 5) is 35.0. The normalized spacial score (nSPS) is 13.0. The molecular formula is C16H20F2N2O4. The molecule has 0 fully saturated rings. The number of ether oxygens (including phenoxy) is 1. The molecule has 2 atom stereocenters. The summed E-state index contributed by atoms with van der Waals surface area (Å²) < 4.78 is 31.2. The molecule has 1 rings (SSSR count). The van der Waals surface area contributed by atoms with Gasteiger partial charge in [0.15, 0.2) is 0 Å². The van der Waals surface area contributed by atoms with Crippen LogP contribution in [-0.2, 0) is 25.5 Å². The fourth-order valence-electron chi connectivity index (χ4n) is 2.16. The number of nitrogens with one attached hydrogen (secondary N) is 1. The number of carbonyl (C=O) groups excluding carboxylic acids is 3. The molecule has 0 aliphatic heterocycles. The van der Waals surface area contributed by atoms with Gasteiger partial charge in [-0.2, -0.15) is 0 Å². The highest BCUT2D eigenvalue weighted by Gasteiger charge is 2.27. The zero-order valence-electron chi connectivity index (χ0n) is 13.5. The second-order valence-electron chi connectivity index (χ2n) is 5.35. The fourth-order valence-corrected chi connectivity index (χ4v) is 2.16. The van der Waals surface area contributed by atoms with Gasteiger partial charge in [0.1, 0.15) is 17.7 Å². The van der Waals surface area contributed by atoms with Crippen molar-refractivity contribution in [1.29, 1.82) is 0 Å². The Bertz CT molecular complexity index is 622. The lowest BCUT2D eigenvalue weighted by Gasteiger charge is -2.21. The fraction of sp³-hybridized carbons (Fsp3) is 0.438. The zero-order chi connectivity index (χ0) is 18.3. The van der Waals surface area contributed by atoms with E-state index in [1.165, 1.54) is 0 Å². The van der Waals surface area contributed by atoms with Crippen molar-refractivity contribution < 1.29 is 27.9 Å². The lowest BCUT2D eigenvalue weighted by atomic mass is 9.97. The summed E-state index contributed by atoms with van der Waals surface area (Å²) >= 11 is 0. The van der Waals surface area contributed by atoms with Crippen LogP contribution in [0.25, 0.3) is 0 Å². The molecule has 0 unspecified atom stereocenters. The van der Waals surface area contributed by atoms with Crippen molar-refractivity contribution in [2.45, 2.75) is 32.7 Å². The van der Waals surface area contributed by atoms with Crippen molar-refractivity contribution in [2.24, 2.45) is 11.7 Å². The standard InChI is InChI=1S/C16H20F2N2O4/c1-3-24-14(22)6-9(2)15(16(19)23)20-13(21)7-10-4-5-11(17)8-12(10)18/h4-5,8-9,15H,3,6-7H2,1-2H3,(H2,19,23)(H,20,21)/t9-,15+/m0/s1. The number of halogens is 2. The van der Waals surface area contributed by atoms with Crippen molar-refractivity contribution in [3.8, 4) is 0 Å². The minimum absolute atomic E-state index is 0.0184. The lowest BCUT2D eigenvalue weighted by Crippen LogP contribution is -2.49. The van der Waals surface area contributed by atoms with E-state index >= 15 is 0 Å². The van der Waals surface area contributed by atoms with Crippen LogP contribution in [0.2, 0.25) is 0 Å². The van der Waals surface area contributed by atoms with Crippen LogP contribution in [0.4, 0.5) is 8.78 Å². The molecule has 0 saturated heterocycles. The van der Waals surface area contributed by atoms with Crippen LogP contribution in [0.15, 0.2) is 18.2 Å². The zero-order valence-corrected chi connectivity index (χ0v) is 13.5. The molecule has 24 heavy (non-hydrogen) atoms. The van der Waals surface area contributed by atoms with Gasteiger partial charge in [0.2, 0.25) is 11.8 Å². The summed E-state index contributed by atoms with van der Waals surface area (Å²) in [5.41, 5.74) is 5.23. The minimum Gasteiger partial charge on any atom is -0.466 e. The Morgan fingerprint density at radius 3 is 2.50 bits per heavy atom. The molecule has 0 aliphatic carbocycles. The molecule has 0 spiro atoms. The third-order valence-electron chi connectivity index (χ3n) is 3.35. The number of hydrogen-bond donors (Lipinski definition) is 2. The van der Waals surface area contributed by atoms with Gasteiger partial charge in [-0.1, -0.05) is 13.0 Å². The van der Waals surface area contributed by atoms with Gasteiger partial charge in [-0.15, -0.1) is 0 Å². The van der Waals surface area contributed by atoms with Gasteiger partial charge in [-0.25, -0.2) is 8.78 Å². The molecule has 0 aromatic heterocycles. The molecule has 3 N–H and O–H groups in total. The number of nitrogens with two attached hydrogens (primary N) is 1. The number of primary amides is 1. The van der Waals surface area contributed by atoms with Crippen LogP contribution in [0, 0.1) is 17.6 Å². The smallest absolute Gasteiger partial charge is 0.306 e. The average molecular weight is 342 g/mol. The maximum Gasteiger partial charge on any atom is 0.306 e. The third-order valence-corrected chi connectivity index (χ3v) is 3.35. The van der Waals surface area contributed by atoms with E-state index in [0.29, 0.717) is 6.07 Å². The predicted octanol–water partition coefficient (Wildman–Crippen LogP) is 1.07. The van der Waals surface area contributed by atoms with Gasteiger partial charge in [0, 0.05) is 6.07 Å². The van der Waals surface area contributed by atoms with E-state index in [9.17, 15) is 23.2 Å². The Balaban J connectivity index is 2.72. The predicted molar refractivity (Wildman–Crippen MR) is 81.6 cm³/mol. The molecule has 8 heteroatoms. The molecule has 2 amide bonds. The van der Waals surface area contributed by atoms with Crippen LogP contribution in [0.5, 0.6) is 0 Å². The van der Waals surface area contributed by atoms with Crippen LogP contribution in [0.1, 0.15) is 25.8 Å². The average Bonchev–Trinajstić information content (AvgIpc) is 2.47.